The second-order valence-electron chi connectivity index (χ2n) is 4.29. The molecule has 0 spiro atoms. The van der Waals surface area contributed by atoms with Crippen LogP contribution in [0, 0.1) is 0 Å². The first-order chi connectivity index (χ1) is 10.1. The third kappa shape index (κ3) is 4.65. The Balaban J connectivity index is 1.80. The van der Waals surface area contributed by atoms with E-state index in [9.17, 15) is 4.79 Å². The minimum Gasteiger partial charge on any atom is -0.491 e. The van der Waals surface area contributed by atoms with Crippen LogP contribution in [0.5, 0.6) is 5.75 Å². The van der Waals surface area contributed by atoms with Gasteiger partial charge in [0, 0.05) is 22.8 Å². The topological polar surface area (TPSA) is 64.4 Å². The molecule has 21 heavy (non-hydrogen) atoms. The molecule has 2 rings (SSSR count). The number of rotatable bonds is 6. The number of hydrogen-bond donors (Lipinski definition) is 2. The van der Waals surface area contributed by atoms with Gasteiger partial charge in [-0.1, -0.05) is 11.6 Å². The number of nitrogens with one attached hydrogen (secondary N) is 1. The van der Waals surface area contributed by atoms with Crippen LogP contribution in [0.25, 0.3) is 0 Å². The number of nitrogens with two attached hydrogens (primary N) is 1. The van der Waals surface area contributed by atoms with E-state index in [-0.39, 0.29) is 0 Å². The zero-order valence-electron chi connectivity index (χ0n) is 11.1. The number of hydrogen-bond acceptors (Lipinski definition) is 3. The van der Waals surface area contributed by atoms with E-state index in [2.05, 4.69) is 21.2 Å². The van der Waals surface area contributed by atoms with E-state index in [1.54, 1.807) is 36.4 Å². The Hall–Kier alpha value is -1.72. The van der Waals surface area contributed by atoms with Gasteiger partial charge < -0.3 is 15.8 Å². The summed E-state index contributed by atoms with van der Waals surface area (Å²) in [5.74, 6) is 0.308. The first-order valence-electron chi connectivity index (χ1n) is 6.28. The van der Waals surface area contributed by atoms with Gasteiger partial charge in [-0.2, -0.15) is 0 Å². The average Bonchev–Trinajstić information content (AvgIpc) is 2.46. The number of carbonyl (C=O) groups excluding carboxylic acids is 1. The number of ether oxygens (including phenoxy) is 1. The molecule has 0 aliphatic carbocycles. The van der Waals surface area contributed by atoms with Gasteiger partial charge in [-0.25, -0.2) is 0 Å². The van der Waals surface area contributed by atoms with Gasteiger partial charge in [-0.3, -0.25) is 4.79 Å². The summed E-state index contributed by atoms with van der Waals surface area (Å²) in [6.07, 6.45) is 0. The average molecular weight is 370 g/mol. The number of benzene rings is 2. The molecule has 3 N–H and O–H groups in total. The largest absolute Gasteiger partial charge is 0.491 e. The maximum atomic E-state index is 11.0. The Morgan fingerprint density at radius 3 is 2.57 bits per heavy atom. The molecule has 0 fully saturated rings. The van der Waals surface area contributed by atoms with Gasteiger partial charge in [0.2, 0.25) is 5.91 Å². The lowest BCUT2D eigenvalue weighted by molar-refractivity contribution is 0.100. The quantitative estimate of drug-likeness (QED) is 0.763. The number of anilines is 1. The van der Waals surface area contributed by atoms with Gasteiger partial charge in [0.05, 0.1) is 4.47 Å². The zero-order valence-corrected chi connectivity index (χ0v) is 13.4. The molecule has 0 saturated heterocycles. The summed E-state index contributed by atoms with van der Waals surface area (Å²) >= 11 is 9.25. The number of halogens is 2. The summed E-state index contributed by atoms with van der Waals surface area (Å²) in [4.78, 5) is 11.0. The number of primary amides is 1. The van der Waals surface area contributed by atoms with Crippen LogP contribution in [0.2, 0.25) is 5.02 Å². The summed E-state index contributed by atoms with van der Waals surface area (Å²) in [6.45, 7) is 1.13. The molecule has 2 aromatic carbocycles. The highest BCUT2D eigenvalue weighted by Gasteiger charge is 2.02. The summed E-state index contributed by atoms with van der Waals surface area (Å²) in [7, 11) is 0. The maximum Gasteiger partial charge on any atom is 0.248 e. The van der Waals surface area contributed by atoms with Crippen molar-refractivity contribution in [2.75, 3.05) is 18.5 Å². The normalized spacial score (nSPS) is 10.2. The third-order valence-corrected chi connectivity index (χ3v) is 3.61. The van der Waals surface area contributed by atoms with Crippen LogP contribution in [0.3, 0.4) is 0 Å². The monoisotopic (exact) mass is 368 g/mol. The molecule has 0 saturated carbocycles. The van der Waals surface area contributed by atoms with Crippen LogP contribution in [-0.2, 0) is 0 Å². The van der Waals surface area contributed by atoms with E-state index in [1.807, 2.05) is 6.07 Å². The van der Waals surface area contributed by atoms with Gasteiger partial charge in [0.1, 0.15) is 12.4 Å². The predicted octanol–water partition coefficient (Wildman–Crippen LogP) is 3.69. The summed E-state index contributed by atoms with van der Waals surface area (Å²) < 4.78 is 6.45. The van der Waals surface area contributed by atoms with Crippen LogP contribution >= 0.6 is 27.5 Å². The Bertz CT molecular complexity index is 632. The maximum absolute atomic E-state index is 11.0. The van der Waals surface area contributed by atoms with Gasteiger partial charge >= 0.3 is 0 Å². The second-order valence-corrected chi connectivity index (χ2v) is 5.58. The third-order valence-electron chi connectivity index (χ3n) is 2.75. The summed E-state index contributed by atoms with van der Waals surface area (Å²) in [6, 6.07) is 12.3. The van der Waals surface area contributed by atoms with Gasteiger partial charge in [0.25, 0.3) is 0 Å². The fourth-order valence-electron chi connectivity index (χ4n) is 1.70. The Morgan fingerprint density at radius 1 is 1.24 bits per heavy atom. The molecule has 0 radical (unpaired) electrons. The van der Waals surface area contributed by atoms with E-state index < -0.39 is 5.91 Å². The molecular weight excluding hydrogens is 356 g/mol. The molecule has 0 heterocycles. The lowest BCUT2D eigenvalue weighted by Gasteiger charge is -2.10. The Kier molecular flexibility index (Phi) is 5.47. The van der Waals surface area contributed by atoms with Crippen LogP contribution in [0.1, 0.15) is 10.4 Å². The van der Waals surface area contributed by atoms with Crippen LogP contribution in [0.15, 0.2) is 46.9 Å². The fraction of sp³-hybridized carbons (Fsp3) is 0.133. The van der Waals surface area contributed by atoms with E-state index in [0.29, 0.717) is 23.7 Å². The van der Waals surface area contributed by atoms with Crippen molar-refractivity contribution in [1.82, 2.24) is 0 Å². The van der Waals surface area contributed by atoms with Crippen LogP contribution in [0.4, 0.5) is 5.69 Å². The smallest absolute Gasteiger partial charge is 0.248 e. The van der Waals surface area contributed by atoms with Gasteiger partial charge in [-0.05, 0) is 58.4 Å². The first-order valence-corrected chi connectivity index (χ1v) is 7.45. The zero-order chi connectivity index (χ0) is 15.2. The van der Waals surface area contributed by atoms with E-state index in [1.165, 1.54) is 0 Å². The first kappa shape index (κ1) is 15.7. The lowest BCUT2D eigenvalue weighted by Crippen LogP contribution is -2.13. The summed E-state index contributed by atoms with van der Waals surface area (Å²) in [5.41, 5.74) is 6.57. The molecule has 0 aliphatic heterocycles. The predicted molar refractivity (Wildman–Crippen MR) is 88.1 cm³/mol. The van der Waals surface area contributed by atoms with Crippen LogP contribution < -0.4 is 15.8 Å². The SMILES string of the molecule is NC(=O)c1ccc(NCCOc2ccc(Cl)cc2Br)cc1. The summed E-state index contributed by atoms with van der Waals surface area (Å²) in [5, 5.41) is 3.85. The number of carbonyl (C=O) groups is 1. The molecule has 4 nitrogen and oxygen atoms in total. The van der Waals surface area contributed by atoms with Crippen LogP contribution in [-0.4, -0.2) is 19.1 Å². The minimum absolute atomic E-state index is 0.433. The molecule has 0 aliphatic rings. The Morgan fingerprint density at radius 2 is 1.95 bits per heavy atom. The van der Waals surface area contributed by atoms with E-state index in [0.717, 1.165) is 15.9 Å². The van der Waals surface area contributed by atoms with Crippen molar-refractivity contribution in [2.24, 2.45) is 5.73 Å². The van der Waals surface area contributed by atoms with Crippen molar-refractivity contribution in [1.29, 1.82) is 0 Å². The van der Waals surface area contributed by atoms with E-state index >= 15 is 0 Å². The molecule has 0 atom stereocenters. The molecule has 0 unspecified atom stereocenters. The fourth-order valence-corrected chi connectivity index (χ4v) is 2.50. The van der Waals surface area contributed by atoms with Crippen molar-refractivity contribution in [2.45, 2.75) is 0 Å². The van der Waals surface area contributed by atoms with Gasteiger partial charge in [-0.15, -0.1) is 0 Å². The second kappa shape index (κ2) is 7.33. The highest BCUT2D eigenvalue weighted by molar-refractivity contribution is 9.10. The van der Waals surface area contributed by atoms with E-state index in [4.69, 9.17) is 22.1 Å². The molecule has 0 bridgehead atoms. The number of amides is 1. The molecule has 1 amide bonds. The van der Waals surface area contributed by atoms with Crippen molar-refractivity contribution in [3.63, 3.8) is 0 Å². The van der Waals surface area contributed by atoms with Crippen molar-refractivity contribution in [3.05, 3.63) is 57.5 Å². The van der Waals surface area contributed by atoms with Crippen molar-refractivity contribution in [3.8, 4) is 5.75 Å². The standard InChI is InChI=1S/C15H14BrClN2O2/c16-13-9-11(17)3-6-14(13)21-8-7-19-12-4-1-10(2-5-12)15(18)20/h1-6,9,19H,7-8H2,(H2,18,20). The Labute approximate surface area is 136 Å². The molecular formula is C15H14BrClN2O2. The molecule has 110 valence electrons. The highest BCUT2D eigenvalue weighted by atomic mass is 79.9. The molecule has 0 aromatic heterocycles. The molecule has 2 aromatic rings. The highest BCUT2D eigenvalue weighted by Crippen LogP contribution is 2.27. The van der Waals surface area contributed by atoms with Crippen molar-refractivity contribution < 1.29 is 9.53 Å². The lowest BCUT2D eigenvalue weighted by atomic mass is 10.2. The van der Waals surface area contributed by atoms with Gasteiger partial charge in [0.15, 0.2) is 0 Å². The molecule has 6 heteroatoms. The van der Waals surface area contributed by atoms with Crippen molar-refractivity contribution >= 4 is 39.1 Å². The minimum atomic E-state index is -0.433.